The molecule has 3 rings (SSSR count). The SMILES string of the molecule is COc1cc(C(=O)C2CC3COCC(C2)N3)ccc1C. The van der Waals surface area contributed by atoms with Gasteiger partial charge in [0.2, 0.25) is 0 Å². The van der Waals surface area contributed by atoms with E-state index in [1.54, 1.807) is 7.11 Å². The van der Waals surface area contributed by atoms with E-state index in [-0.39, 0.29) is 11.7 Å². The maximum atomic E-state index is 12.7. The monoisotopic (exact) mass is 275 g/mol. The lowest BCUT2D eigenvalue weighted by Crippen LogP contribution is -2.55. The minimum Gasteiger partial charge on any atom is -0.496 e. The molecule has 0 amide bonds. The van der Waals surface area contributed by atoms with Crippen molar-refractivity contribution in [2.75, 3.05) is 20.3 Å². The number of rotatable bonds is 3. The molecule has 2 atom stereocenters. The lowest BCUT2D eigenvalue weighted by molar-refractivity contribution is 0.00952. The third-order valence-corrected chi connectivity index (χ3v) is 4.31. The molecule has 0 saturated carbocycles. The Hall–Kier alpha value is -1.39. The topological polar surface area (TPSA) is 47.6 Å². The maximum absolute atomic E-state index is 12.7. The van der Waals surface area contributed by atoms with Crippen LogP contribution in [0.4, 0.5) is 0 Å². The molecule has 4 heteroatoms. The van der Waals surface area contributed by atoms with E-state index in [2.05, 4.69) is 5.32 Å². The molecule has 108 valence electrons. The smallest absolute Gasteiger partial charge is 0.166 e. The average molecular weight is 275 g/mol. The van der Waals surface area contributed by atoms with Gasteiger partial charge >= 0.3 is 0 Å². The third kappa shape index (κ3) is 2.58. The van der Waals surface area contributed by atoms with Gasteiger partial charge in [-0.1, -0.05) is 12.1 Å². The zero-order valence-electron chi connectivity index (χ0n) is 12.0. The van der Waals surface area contributed by atoms with Crippen molar-refractivity contribution in [3.63, 3.8) is 0 Å². The van der Waals surface area contributed by atoms with Crippen molar-refractivity contribution in [1.29, 1.82) is 0 Å². The normalized spacial score (nSPS) is 29.0. The molecule has 0 radical (unpaired) electrons. The van der Waals surface area contributed by atoms with Gasteiger partial charge in [-0.05, 0) is 31.4 Å². The molecular formula is C16H21NO3. The van der Waals surface area contributed by atoms with Crippen LogP contribution in [0.1, 0.15) is 28.8 Å². The molecule has 2 saturated heterocycles. The summed E-state index contributed by atoms with van der Waals surface area (Å²) < 4.78 is 10.8. The van der Waals surface area contributed by atoms with Crippen LogP contribution >= 0.6 is 0 Å². The van der Waals surface area contributed by atoms with E-state index in [1.165, 1.54) is 0 Å². The Morgan fingerprint density at radius 3 is 2.65 bits per heavy atom. The molecule has 2 heterocycles. The summed E-state index contributed by atoms with van der Waals surface area (Å²) in [5.74, 6) is 1.12. The van der Waals surface area contributed by atoms with E-state index >= 15 is 0 Å². The fourth-order valence-electron chi connectivity index (χ4n) is 3.26. The number of fused-ring (bicyclic) bond motifs is 2. The molecule has 0 aliphatic carbocycles. The van der Waals surface area contributed by atoms with E-state index in [9.17, 15) is 4.79 Å². The number of hydrogen-bond acceptors (Lipinski definition) is 4. The van der Waals surface area contributed by atoms with Crippen LogP contribution in [0.5, 0.6) is 5.75 Å². The molecule has 0 aromatic heterocycles. The van der Waals surface area contributed by atoms with E-state index in [4.69, 9.17) is 9.47 Å². The average Bonchev–Trinajstić information content (AvgIpc) is 2.46. The van der Waals surface area contributed by atoms with Crippen molar-refractivity contribution in [3.05, 3.63) is 29.3 Å². The molecule has 2 aliphatic heterocycles. The van der Waals surface area contributed by atoms with Crippen LogP contribution in [0, 0.1) is 12.8 Å². The number of methoxy groups -OCH3 is 1. The van der Waals surface area contributed by atoms with Gasteiger partial charge in [0, 0.05) is 23.6 Å². The number of Topliss-reactive ketones (excluding diaryl/α,β-unsaturated/α-hetero) is 1. The highest BCUT2D eigenvalue weighted by Gasteiger charge is 2.35. The van der Waals surface area contributed by atoms with Crippen LogP contribution in [0.15, 0.2) is 18.2 Å². The zero-order chi connectivity index (χ0) is 14.1. The molecule has 2 fully saturated rings. The van der Waals surface area contributed by atoms with Crippen molar-refractivity contribution in [2.45, 2.75) is 31.8 Å². The Labute approximate surface area is 119 Å². The standard InChI is InChI=1S/C16H21NO3/c1-10-3-4-11(7-15(10)19-2)16(18)12-5-13-8-20-9-14(6-12)17-13/h3-4,7,12-14,17H,5-6,8-9H2,1-2H3. The molecule has 2 unspecified atom stereocenters. The number of aryl methyl sites for hydroxylation is 1. The highest BCUT2D eigenvalue weighted by Crippen LogP contribution is 2.28. The quantitative estimate of drug-likeness (QED) is 0.857. The molecule has 20 heavy (non-hydrogen) atoms. The molecule has 1 N–H and O–H groups in total. The fourth-order valence-corrected chi connectivity index (χ4v) is 3.26. The van der Waals surface area contributed by atoms with Gasteiger partial charge in [0.05, 0.1) is 20.3 Å². The first kappa shape index (κ1) is 13.6. The van der Waals surface area contributed by atoms with Gasteiger partial charge in [-0.25, -0.2) is 0 Å². The number of morpholine rings is 1. The predicted molar refractivity (Wildman–Crippen MR) is 76.3 cm³/mol. The van der Waals surface area contributed by atoms with Crippen LogP contribution < -0.4 is 10.1 Å². The summed E-state index contributed by atoms with van der Waals surface area (Å²) in [5.41, 5.74) is 1.82. The predicted octanol–water partition coefficient (Wildman–Crippen LogP) is 1.95. The molecule has 0 spiro atoms. The van der Waals surface area contributed by atoms with Gasteiger partial charge in [-0.15, -0.1) is 0 Å². The van der Waals surface area contributed by atoms with Gasteiger partial charge < -0.3 is 14.8 Å². The van der Waals surface area contributed by atoms with Crippen molar-refractivity contribution in [2.24, 2.45) is 5.92 Å². The van der Waals surface area contributed by atoms with E-state index in [0.717, 1.165) is 42.9 Å². The summed E-state index contributed by atoms with van der Waals surface area (Å²) in [5, 5.41) is 3.52. The number of piperidine rings is 1. The molecule has 2 aliphatic rings. The van der Waals surface area contributed by atoms with Crippen LogP contribution in [-0.2, 0) is 4.74 Å². The van der Waals surface area contributed by atoms with Gasteiger partial charge in [-0.2, -0.15) is 0 Å². The highest BCUT2D eigenvalue weighted by molar-refractivity contribution is 5.98. The van der Waals surface area contributed by atoms with Crippen molar-refractivity contribution in [3.8, 4) is 5.75 Å². The Morgan fingerprint density at radius 2 is 2.00 bits per heavy atom. The van der Waals surface area contributed by atoms with Gasteiger partial charge in [0.25, 0.3) is 0 Å². The summed E-state index contributed by atoms with van der Waals surface area (Å²) in [4.78, 5) is 12.7. The van der Waals surface area contributed by atoms with E-state index < -0.39 is 0 Å². The molecule has 2 bridgehead atoms. The summed E-state index contributed by atoms with van der Waals surface area (Å²) in [6, 6.07) is 6.38. The Balaban J connectivity index is 1.78. The zero-order valence-corrected chi connectivity index (χ0v) is 12.0. The van der Waals surface area contributed by atoms with Gasteiger partial charge in [-0.3, -0.25) is 4.79 Å². The number of benzene rings is 1. The van der Waals surface area contributed by atoms with Crippen LogP contribution in [0.3, 0.4) is 0 Å². The highest BCUT2D eigenvalue weighted by atomic mass is 16.5. The second-order valence-corrected chi connectivity index (χ2v) is 5.81. The first-order chi connectivity index (χ1) is 9.67. The largest absolute Gasteiger partial charge is 0.496 e. The Kier molecular flexibility index (Phi) is 3.76. The molecule has 4 nitrogen and oxygen atoms in total. The number of carbonyl (C=O) groups is 1. The number of hydrogen-bond donors (Lipinski definition) is 1. The van der Waals surface area contributed by atoms with Crippen LogP contribution in [-0.4, -0.2) is 38.2 Å². The lowest BCUT2D eigenvalue weighted by atomic mass is 9.82. The summed E-state index contributed by atoms with van der Waals surface area (Å²) in [7, 11) is 1.64. The molecular weight excluding hydrogens is 254 g/mol. The summed E-state index contributed by atoms with van der Waals surface area (Å²) >= 11 is 0. The Morgan fingerprint density at radius 1 is 1.30 bits per heavy atom. The van der Waals surface area contributed by atoms with Gasteiger partial charge in [0.15, 0.2) is 5.78 Å². The third-order valence-electron chi connectivity index (χ3n) is 4.31. The summed E-state index contributed by atoms with van der Waals surface area (Å²) in [6.45, 7) is 3.42. The maximum Gasteiger partial charge on any atom is 0.166 e. The first-order valence-electron chi connectivity index (χ1n) is 7.20. The fraction of sp³-hybridized carbons (Fsp3) is 0.562. The molecule has 1 aromatic carbocycles. The number of ketones is 1. The number of carbonyl (C=O) groups excluding carboxylic acids is 1. The van der Waals surface area contributed by atoms with Crippen LogP contribution in [0.2, 0.25) is 0 Å². The van der Waals surface area contributed by atoms with Gasteiger partial charge in [0.1, 0.15) is 5.75 Å². The van der Waals surface area contributed by atoms with Crippen molar-refractivity contribution < 1.29 is 14.3 Å². The van der Waals surface area contributed by atoms with E-state index in [1.807, 2.05) is 25.1 Å². The van der Waals surface area contributed by atoms with Crippen LogP contribution in [0.25, 0.3) is 0 Å². The first-order valence-corrected chi connectivity index (χ1v) is 7.20. The van der Waals surface area contributed by atoms with Crippen molar-refractivity contribution >= 4 is 5.78 Å². The molecule has 1 aromatic rings. The summed E-state index contributed by atoms with van der Waals surface area (Å²) in [6.07, 6.45) is 1.73. The number of ether oxygens (including phenoxy) is 2. The minimum absolute atomic E-state index is 0.0996. The number of nitrogens with one attached hydrogen (secondary N) is 1. The Bertz CT molecular complexity index is 502. The minimum atomic E-state index is 0.0996. The van der Waals surface area contributed by atoms with E-state index in [0.29, 0.717) is 12.1 Å². The lowest BCUT2D eigenvalue weighted by Gasteiger charge is -2.39. The second-order valence-electron chi connectivity index (χ2n) is 5.81. The second kappa shape index (κ2) is 5.54. The van der Waals surface area contributed by atoms with Crippen molar-refractivity contribution in [1.82, 2.24) is 5.32 Å².